The van der Waals surface area contributed by atoms with Gasteiger partial charge >= 0.3 is 0 Å². The molecule has 1 heteroatoms. The molecule has 1 aromatic rings. The molecule has 1 unspecified atom stereocenters. The zero-order valence-corrected chi connectivity index (χ0v) is 9.92. The lowest BCUT2D eigenvalue weighted by Crippen LogP contribution is -2.17. The Labute approximate surface area is 97.6 Å². The highest BCUT2D eigenvalue weighted by molar-refractivity contribution is 6.18. The van der Waals surface area contributed by atoms with Gasteiger partial charge in [0.25, 0.3) is 0 Å². The van der Waals surface area contributed by atoms with Crippen LogP contribution in [0.15, 0.2) is 30.3 Å². The van der Waals surface area contributed by atoms with Crippen molar-refractivity contribution in [1.29, 1.82) is 0 Å². The molecule has 1 aromatic carbocycles. The van der Waals surface area contributed by atoms with E-state index in [1.807, 2.05) is 0 Å². The number of halogens is 1. The molecule has 0 aliphatic heterocycles. The van der Waals surface area contributed by atoms with Gasteiger partial charge in [-0.2, -0.15) is 0 Å². The monoisotopic (exact) mass is 222 g/mol. The first kappa shape index (κ1) is 11.0. The molecule has 0 amide bonds. The molecule has 0 saturated heterocycles. The van der Waals surface area contributed by atoms with Crippen LogP contribution in [-0.2, 0) is 0 Å². The maximum atomic E-state index is 6.14. The molecule has 82 valence electrons. The molecular formula is C14H19Cl. The largest absolute Gasteiger partial charge is 0.126 e. The van der Waals surface area contributed by atoms with Crippen LogP contribution in [0, 0.1) is 5.92 Å². The van der Waals surface area contributed by atoms with E-state index in [4.69, 9.17) is 11.6 Å². The Bertz CT molecular complexity index is 275. The predicted octanol–water partition coefficient (Wildman–Crippen LogP) is 4.59. The normalized spacial score (nSPS) is 20.1. The first-order valence-corrected chi connectivity index (χ1v) is 6.56. The Morgan fingerprint density at radius 1 is 1.07 bits per heavy atom. The molecule has 2 rings (SSSR count). The smallest absolute Gasteiger partial charge is 0.0294 e. The van der Waals surface area contributed by atoms with E-state index in [1.165, 1.54) is 37.7 Å². The first-order valence-electron chi connectivity index (χ1n) is 6.02. The Hall–Kier alpha value is -0.490. The molecule has 1 atom stereocenters. The molecule has 1 fully saturated rings. The maximum Gasteiger partial charge on any atom is 0.0294 e. The third-order valence-electron chi connectivity index (χ3n) is 3.61. The highest BCUT2D eigenvalue weighted by atomic mass is 35.5. The van der Waals surface area contributed by atoms with E-state index < -0.39 is 0 Å². The van der Waals surface area contributed by atoms with Crippen molar-refractivity contribution in [2.75, 3.05) is 5.88 Å². The third kappa shape index (κ3) is 2.75. The summed E-state index contributed by atoms with van der Waals surface area (Å²) in [5.41, 5.74) is 1.43. The topological polar surface area (TPSA) is 0 Å². The van der Waals surface area contributed by atoms with Crippen molar-refractivity contribution < 1.29 is 0 Å². The Balaban J connectivity index is 2.09. The Kier molecular flexibility index (Phi) is 4.08. The van der Waals surface area contributed by atoms with E-state index in [1.54, 1.807) is 0 Å². The van der Waals surface area contributed by atoms with Crippen LogP contribution in [0.2, 0.25) is 0 Å². The zero-order valence-electron chi connectivity index (χ0n) is 9.16. The second-order valence-corrected chi connectivity index (χ2v) is 4.88. The molecule has 15 heavy (non-hydrogen) atoms. The van der Waals surface area contributed by atoms with Crippen LogP contribution >= 0.6 is 11.6 Å². The fourth-order valence-corrected chi connectivity index (χ4v) is 3.15. The van der Waals surface area contributed by atoms with E-state index in [0.717, 1.165) is 11.8 Å². The molecule has 0 aromatic heterocycles. The number of hydrogen-bond acceptors (Lipinski definition) is 0. The van der Waals surface area contributed by atoms with Crippen molar-refractivity contribution in [3.05, 3.63) is 35.9 Å². The van der Waals surface area contributed by atoms with Crippen molar-refractivity contribution in [2.45, 2.75) is 38.0 Å². The summed E-state index contributed by atoms with van der Waals surface area (Å²) >= 11 is 6.14. The van der Waals surface area contributed by atoms with Crippen LogP contribution in [0.3, 0.4) is 0 Å². The Morgan fingerprint density at radius 2 is 1.73 bits per heavy atom. The molecule has 0 heterocycles. The first-order chi connectivity index (χ1) is 7.42. The van der Waals surface area contributed by atoms with Crippen LogP contribution in [0.4, 0.5) is 0 Å². The van der Waals surface area contributed by atoms with Crippen LogP contribution in [0.1, 0.15) is 43.6 Å². The van der Waals surface area contributed by atoms with Crippen LogP contribution in [0.25, 0.3) is 0 Å². The van der Waals surface area contributed by atoms with E-state index >= 15 is 0 Å². The lowest BCUT2D eigenvalue weighted by atomic mass is 9.78. The minimum atomic E-state index is 0.577. The lowest BCUT2D eigenvalue weighted by Gasteiger charge is -2.29. The lowest BCUT2D eigenvalue weighted by molar-refractivity contribution is 0.318. The van der Waals surface area contributed by atoms with Gasteiger partial charge in [-0.15, -0.1) is 11.6 Å². The van der Waals surface area contributed by atoms with Gasteiger partial charge in [0.15, 0.2) is 0 Å². The highest BCUT2D eigenvalue weighted by Gasteiger charge is 2.23. The molecule has 0 N–H and O–H groups in total. The summed E-state index contributed by atoms with van der Waals surface area (Å²) in [7, 11) is 0. The zero-order chi connectivity index (χ0) is 10.5. The number of rotatable bonds is 3. The van der Waals surface area contributed by atoms with Gasteiger partial charge in [-0.3, -0.25) is 0 Å². The number of hydrogen-bond donors (Lipinski definition) is 0. The van der Waals surface area contributed by atoms with Crippen molar-refractivity contribution in [1.82, 2.24) is 0 Å². The fourth-order valence-electron chi connectivity index (χ4n) is 2.72. The van der Waals surface area contributed by atoms with Gasteiger partial charge in [0.2, 0.25) is 0 Å². The summed E-state index contributed by atoms with van der Waals surface area (Å²) in [5, 5.41) is 0. The van der Waals surface area contributed by atoms with Crippen LogP contribution < -0.4 is 0 Å². The average molecular weight is 223 g/mol. The maximum absolute atomic E-state index is 6.14. The van der Waals surface area contributed by atoms with Crippen molar-refractivity contribution in [2.24, 2.45) is 5.92 Å². The van der Waals surface area contributed by atoms with E-state index in [-0.39, 0.29) is 0 Å². The fraction of sp³-hybridized carbons (Fsp3) is 0.571. The molecule has 0 nitrogen and oxygen atoms in total. The summed E-state index contributed by atoms with van der Waals surface area (Å²) in [6.07, 6.45) is 6.94. The molecule has 1 saturated carbocycles. The Morgan fingerprint density at radius 3 is 2.33 bits per heavy atom. The summed E-state index contributed by atoms with van der Waals surface area (Å²) in [4.78, 5) is 0. The summed E-state index contributed by atoms with van der Waals surface area (Å²) in [6, 6.07) is 10.8. The van der Waals surface area contributed by atoms with Crippen LogP contribution in [0.5, 0.6) is 0 Å². The standard InChI is InChI=1S/C14H19Cl/c15-11-14(12-7-3-1-4-8-12)13-9-5-2-6-10-13/h1,3-4,7-8,13-14H,2,5-6,9-11H2. The van der Waals surface area contributed by atoms with Gasteiger partial charge in [-0.1, -0.05) is 49.6 Å². The third-order valence-corrected chi connectivity index (χ3v) is 3.95. The van der Waals surface area contributed by atoms with Crippen molar-refractivity contribution in [3.8, 4) is 0 Å². The minimum Gasteiger partial charge on any atom is -0.126 e. The second kappa shape index (κ2) is 5.55. The highest BCUT2D eigenvalue weighted by Crippen LogP contribution is 2.36. The molecule has 0 spiro atoms. The minimum absolute atomic E-state index is 0.577. The predicted molar refractivity (Wildman–Crippen MR) is 66.5 cm³/mol. The van der Waals surface area contributed by atoms with Crippen molar-refractivity contribution in [3.63, 3.8) is 0 Å². The summed E-state index contributed by atoms with van der Waals surface area (Å²) in [6.45, 7) is 0. The van der Waals surface area contributed by atoms with Gasteiger partial charge < -0.3 is 0 Å². The van der Waals surface area contributed by atoms with Gasteiger partial charge in [0.05, 0.1) is 0 Å². The van der Waals surface area contributed by atoms with E-state index in [2.05, 4.69) is 30.3 Å². The molecule has 0 radical (unpaired) electrons. The molecule has 1 aliphatic carbocycles. The van der Waals surface area contributed by atoms with Crippen molar-refractivity contribution >= 4 is 11.6 Å². The van der Waals surface area contributed by atoms with Gasteiger partial charge in [-0.25, -0.2) is 0 Å². The van der Waals surface area contributed by atoms with E-state index in [9.17, 15) is 0 Å². The number of benzene rings is 1. The SMILES string of the molecule is ClCC(c1ccccc1)C1CCCCC1. The number of alkyl halides is 1. The molecule has 0 bridgehead atoms. The van der Waals surface area contributed by atoms with Gasteiger partial charge in [0.1, 0.15) is 0 Å². The van der Waals surface area contributed by atoms with Gasteiger partial charge in [0, 0.05) is 11.8 Å². The van der Waals surface area contributed by atoms with E-state index in [0.29, 0.717) is 5.92 Å². The average Bonchev–Trinajstić information content (AvgIpc) is 2.33. The summed E-state index contributed by atoms with van der Waals surface area (Å²) < 4.78 is 0. The molecular weight excluding hydrogens is 204 g/mol. The summed E-state index contributed by atoms with van der Waals surface area (Å²) in [5.74, 6) is 2.17. The van der Waals surface area contributed by atoms with Gasteiger partial charge in [-0.05, 0) is 24.3 Å². The molecule has 1 aliphatic rings. The quantitative estimate of drug-likeness (QED) is 0.657. The van der Waals surface area contributed by atoms with Crippen LogP contribution in [-0.4, -0.2) is 5.88 Å². The second-order valence-electron chi connectivity index (χ2n) is 4.57.